The van der Waals surface area contributed by atoms with Crippen LogP contribution in [0.15, 0.2) is 48.5 Å². The van der Waals surface area contributed by atoms with Crippen molar-refractivity contribution in [3.05, 3.63) is 71.0 Å². The van der Waals surface area contributed by atoms with E-state index in [0.717, 1.165) is 30.4 Å². The predicted octanol–water partition coefficient (Wildman–Crippen LogP) is 2.73. The fourth-order valence-corrected chi connectivity index (χ4v) is 4.42. The van der Waals surface area contributed by atoms with Crippen LogP contribution in [0.3, 0.4) is 0 Å². The normalized spacial score (nSPS) is 26.8. The Morgan fingerprint density at radius 1 is 1.25 bits per heavy atom. The van der Waals surface area contributed by atoms with Gasteiger partial charge in [0.25, 0.3) is 0 Å². The zero-order chi connectivity index (χ0) is 19.7. The Balaban J connectivity index is 1.59. The van der Waals surface area contributed by atoms with Gasteiger partial charge in [0.2, 0.25) is 0 Å². The van der Waals surface area contributed by atoms with Gasteiger partial charge in [-0.1, -0.05) is 36.4 Å². The Kier molecular flexibility index (Phi) is 5.08. The third-order valence-corrected chi connectivity index (χ3v) is 6.09. The van der Waals surface area contributed by atoms with E-state index in [1.165, 1.54) is 17.7 Å². The lowest BCUT2D eigenvalue weighted by atomic mass is 9.88. The van der Waals surface area contributed by atoms with Gasteiger partial charge in [0, 0.05) is 19.1 Å². The van der Waals surface area contributed by atoms with Crippen molar-refractivity contribution in [1.29, 1.82) is 0 Å². The molecule has 28 heavy (non-hydrogen) atoms. The molecule has 2 aromatic carbocycles. The summed E-state index contributed by atoms with van der Waals surface area (Å²) in [6, 6.07) is 13.5. The number of carbonyl (C=O) groups is 1. The minimum atomic E-state index is -1.05. The smallest absolute Gasteiger partial charge is 0.318 e. The number of amides is 2. The standard InChI is InChI=1S/C22H26FN3O2/c23-17-9-7-16(8-10-17)20-18-5-2-1-4-15(18)11-13-26(20)21(27)25-14-22(28)12-3-6-19(22)24/h1-2,4-5,7-10,19-20,28H,3,6,11-14,24H2,(H,25,27). The van der Waals surface area contributed by atoms with Crippen molar-refractivity contribution in [3.63, 3.8) is 0 Å². The van der Waals surface area contributed by atoms with E-state index in [-0.39, 0.29) is 30.5 Å². The van der Waals surface area contributed by atoms with Crippen molar-refractivity contribution < 1.29 is 14.3 Å². The quantitative estimate of drug-likeness (QED) is 0.763. The van der Waals surface area contributed by atoms with Crippen LogP contribution in [0.4, 0.5) is 9.18 Å². The maximum Gasteiger partial charge on any atom is 0.318 e. The van der Waals surface area contributed by atoms with E-state index >= 15 is 0 Å². The summed E-state index contributed by atoms with van der Waals surface area (Å²) in [4.78, 5) is 14.8. The molecule has 0 bridgehead atoms. The molecule has 2 aliphatic rings. The molecule has 3 unspecified atom stereocenters. The van der Waals surface area contributed by atoms with Crippen LogP contribution in [-0.2, 0) is 6.42 Å². The minimum absolute atomic E-state index is 0.140. The van der Waals surface area contributed by atoms with Crippen molar-refractivity contribution in [2.75, 3.05) is 13.1 Å². The fourth-order valence-electron chi connectivity index (χ4n) is 4.42. The molecule has 0 spiro atoms. The van der Waals surface area contributed by atoms with E-state index in [0.29, 0.717) is 13.0 Å². The van der Waals surface area contributed by atoms with Crippen molar-refractivity contribution in [2.24, 2.45) is 5.73 Å². The van der Waals surface area contributed by atoms with Crippen LogP contribution in [0.2, 0.25) is 0 Å². The van der Waals surface area contributed by atoms with Crippen molar-refractivity contribution in [2.45, 2.75) is 43.4 Å². The summed E-state index contributed by atoms with van der Waals surface area (Å²) in [5.74, 6) is -0.304. The largest absolute Gasteiger partial charge is 0.386 e. The summed E-state index contributed by atoms with van der Waals surface area (Å²) in [5, 5.41) is 13.6. The summed E-state index contributed by atoms with van der Waals surface area (Å²) in [6.07, 6.45) is 2.98. The van der Waals surface area contributed by atoms with E-state index in [9.17, 15) is 14.3 Å². The molecule has 4 N–H and O–H groups in total. The van der Waals surface area contributed by atoms with Gasteiger partial charge >= 0.3 is 6.03 Å². The molecular weight excluding hydrogens is 357 g/mol. The van der Waals surface area contributed by atoms with Crippen LogP contribution < -0.4 is 11.1 Å². The molecule has 0 radical (unpaired) electrons. The predicted molar refractivity (Wildman–Crippen MR) is 105 cm³/mol. The SMILES string of the molecule is NC1CCCC1(O)CNC(=O)N1CCc2ccccc2C1c1ccc(F)cc1. The molecule has 0 saturated heterocycles. The van der Waals surface area contributed by atoms with Crippen molar-refractivity contribution in [3.8, 4) is 0 Å². The molecule has 148 valence electrons. The number of hydrogen-bond acceptors (Lipinski definition) is 3. The lowest BCUT2D eigenvalue weighted by molar-refractivity contribution is 0.0329. The van der Waals surface area contributed by atoms with Gasteiger partial charge in [-0.25, -0.2) is 9.18 Å². The number of rotatable bonds is 3. The molecule has 0 aromatic heterocycles. The van der Waals surface area contributed by atoms with Crippen molar-refractivity contribution in [1.82, 2.24) is 10.2 Å². The summed E-state index contributed by atoms with van der Waals surface area (Å²) in [6.45, 7) is 0.691. The highest BCUT2D eigenvalue weighted by Crippen LogP contribution is 2.35. The molecule has 1 saturated carbocycles. The molecule has 1 aliphatic carbocycles. The number of nitrogens with two attached hydrogens (primary N) is 1. The number of aliphatic hydroxyl groups is 1. The average Bonchev–Trinajstić information content (AvgIpc) is 3.05. The second-order valence-corrected chi connectivity index (χ2v) is 7.86. The monoisotopic (exact) mass is 383 g/mol. The molecule has 2 amide bonds. The maximum absolute atomic E-state index is 13.4. The summed E-state index contributed by atoms with van der Waals surface area (Å²) >= 11 is 0. The fraction of sp³-hybridized carbons (Fsp3) is 0.409. The van der Waals surface area contributed by atoms with Gasteiger partial charge in [0.15, 0.2) is 0 Å². The van der Waals surface area contributed by atoms with Crippen LogP contribution in [0, 0.1) is 5.82 Å². The van der Waals surface area contributed by atoms with Crippen molar-refractivity contribution >= 4 is 6.03 Å². The van der Waals surface area contributed by atoms with E-state index in [1.54, 1.807) is 17.0 Å². The molecule has 1 aliphatic heterocycles. The average molecular weight is 383 g/mol. The highest BCUT2D eigenvalue weighted by atomic mass is 19.1. The second-order valence-electron chi connectivity index (χ2n) is 7.86. The first kappa shape index (κ1) is 18.9. The topological polar surface area (TPSA) is 78.6 Å². The second kappa shape index (κ2) is 7.53. The van der Waals surface area contributed by atoms with Gasteiger partial charge in [-0.2, -0.15) is 0 Å². The van der Waals surface area contributed by atoms with Gasteiger partial charge in [-0.15, -0.1) is 0 Å². The molecule has 1 fully saturated rings. The van der Waals surface area contributed by atoms with Gasteiger partial charge < -0.3 is 21.1 Å². The van der Waals surface area contributed by atoms with Crippen LogP contribution in [-0.4, -0.2) is 40.8 Å². The molecular formula is C22H26FN3O2. The highest BCUT2D eigenvalue weighted by Gasteiger charge is 2.40. The zero-order valence-electron chi connectivity index (χ0n) is 15.8. The first-order chi connectivity index (χ1) is 13.5. The van der Waals surface area contributed by atoms with E-state index in [2.05, 4.69) is 11.4 Å². The first-order valence-electron chi connectivity index (χ1n) is 9.84. The molecule has 4 rings (SSSR count). The Labute approximate surface area is 164 Å². The zero-order valence-corrected chi connectivity index (χ0v) is 15.8. The van der Waals surface area contributed by atoms with Crippen LogP contribution in [0.1, 0.15) is 42.0 Å². The lowest BCUT2D eigenvalue weighted by Gasteiger charge is -2.38. The summed E-state index contributed by atoms with van der Waals surface area (Å²) < 4.78 is 13.4. The number of benzene rings is 2. The van der Waals surface area contributed by atoms with Gasteiger partial charge in [-0.3, -0.25) is 0 Å². The summed E-state index contributed by atoms with van der Waals surface area (Å²) in [5.41, 5.74) is 8.08. The molecule has 3 atom stereocenters. The van der Waals surface area contributed by atoms with Crippen LogP contribution in [0.5, 0.6) is 0 Å². The third kappa shape index (κ3) is 3.50. The Morgan fingerprint density at radius 3 is 2.71 bits per heavy atom. The molecule has 2 aromatic rings. The van der Waals surface area contributed by atoms with E-state index in [1.807, 2.05) is 18.2 Å². The van der Waals surface area contributed by atoms with Gasteiger partial charge in [-0.05, 0) is 54.5 Å². The lowest BCUT2D eigenvalue weighted by Crippen LogP contribution is -2.55. The number of nitrogens with one attached hydrogen (secondary N) is 1. The van der Waals surface area contributed by atoms with Crippen LogP contribution >= 0.6 is 0 Å². The Morgan fingerprint density at radius 2 is 2.00 bits per heavy atom. The highest BCUT2D eigenvalue weighted by molar-refractivity contribution is 5.76. The van der Waals surface area contributed by atoms with Crippen LogP contribution in [0.25, 0.3) is 0 Å². The first-order valence-corrected chi connectivity index (χ1v) is 9.84. The maximum atomic E-state index is 13.4. The number of nitrogens with zero attached hydrogens (tertiary/aromatic N) is 1. The molecule has 1 heterocycles. The number of urea groups is 1. The molecule has 5 nitrogen and oxygen atoms in total. The molecule has 6 heteroatoms. The minimum Gasteiger partial charge on any atom is -0.386 e. The number of halogens is 1. The van der Waals surface area contributed by atoms with E-state index < -0.39 is 5.60 Å². The Bertz CT molecular complexity index is 857. The van der Waals surface area contributed by atoms with Gasteiger partial charge in [0.1, 0.15) is 5.82 Å². The number of hydrogen-bond donors (Lipinski definition) is 3. The van der Waals surface area contributed by atoms with E-state index in [4.69, 9.17) is 5.73 Å². The number of carbonyl (C=O) groups excluding carboxylic acids is 1. The third-order valence-electron chi connectivity index (χ3n) is 6.09. The Hall–Kier alpha value is -2.44. The summed E-state index contributed by atoms with van der Waals surface area (Å²) in [7, 11) is 0. The van der Waals surface area contributed by atoms with Gasteiger partial charge in [0.05, 0.1) is 11.6 Å². The number of fused-ring (bicyclic) bond motifs is 1.